The quantitative estimate of drug-likeness (QED) is 0.188. The maximum atomic E-state index is 5.72. The first-order valence-corrected chi connectivity index (χ1v) is 18.1. The monoisotopic (exact) mass is 665 g/mol. The summed E-state index contributed by atoms with van der Waals surface area (Å²) < 4.78 is 8.11. The Morgan fingerprint density at radius 2 is 1.57 bits per heavy atom. The summed E-state index contributed by atoms with van der Waals surface area (Å²) in [6, 6.07) is 37.9. The molecular weight excluding hydrogens is 623 g/mol. The molecule has 252 valence electrons. The van der Waals surface area contributed by atoms with Crippen LogP contribution in [0.3, 0.4) is 0 Å². The van der Waals surface area contributed by atoms with Gasteiger partial charge >= 0.3 is 0 Å². The van der Waals surface area contributed by atoms with Gasteiger partial charge in [-0.1, -0.05) is 114 Å². The Hall–Kier alpha value is -5.48. The second kappa shape index (κ2) is 11.3. The zero-order valence-electron chi connectivity index (χ0n) is 30.2. The Morgan fingerprint density at radius 3 is 2.33 bits per heavy atom. The lowest BCUT2D eigenvalue weighted by Crippen LogP contribution is -2.31. The summed E-state index contributed by atoms with van der Waals surface area (Å²) in [6.45, 7) is 14.0. The fourth-order valence-electron chi connectivity index (χ4n) is 8.56. The molecule has 2 atom stereocenters. The van der Waals surface area contributed by atoms with Gasteiger partial charge in [-0.25, -0.2) is 4.98 Å². The number of aromatic nitrogens is 3. The summed E-state index contributed by atoms with van der Waals surface area (Å²) in [4.78, 5) is 9.64. The third-order valence-electron chi connectivity index (χ3n) is 11.3. The molecule has 0 radical (unpaired) electrons. The molecule has 0 N–H and O–H groups in total. The third kappa shape index (κ3) is 4.80. The standard InChI is InChI=1S/C47H43N3O/c1-45(2,3)31-18-21-39-37(27-31)38-28-32(46(4,5)6)19-22-40(38)47(39,43-16-9-10-23-48-43)33-17-20-36-35-14-7-8-15-41(35)50(42(36)29-33)34-13-11-12-30(26-34)44-49-24-25-51-44/h7-18,20-29,32H,19H2,1-6H3/t32?,47-/m0/s1. The van der Waals surface area contributed by atoms with Crippen molar-refractivity contribution in [2.24, 2.45) is 11.3 Å². The van der Waals surface area contributed by atoms with Crippen LogP contribution in [0.4, 0.5) is 0 Å². The van der Waals surface area contributed by atoms with Crippen LogP contribution in [0.2, 0.25) is 0 Å². The molecule has 0 saturated carbocycles. The molecule has 4 aromatic carbocycles. The van der Waals surface area contributed by atoms with Crippen LogP contribution < -0.4 is 0 Å². The Labute approximate surface area is 300 Å². The Balaban J connectivity index is 1.36. The van der Waals surface area contributed by atoms with Crippen LogP contribution in [-0.4, -0.2) is 14.5 Å². The van der Waals surface area contributed by atoms with Crippen molar-refractivity contribution < 1.29 is 4.42 Å². The van der Waals surface area contributed by atoms with Gasteiger partial charge in [-0.15, -0.1) is 0 Å². The minimum atomic E-state index is -0.586. The van der Waals surface area contributed by atoms with E-state index in [1.54, 1.807) is 12.5 Å². The van der Waals surface area contributed by atoms with Crippen LogP contribution in [0.25, 0.3) is 44.5 Å². The molecule has 1 unspecified atom stereocenters. The fraction of sp³-hybridized carbons (Fsp3) is 0.234. The first kappa shape index (κ1) is 31.5. The molecule has 4 nitrogen and oxygen atoms in total. The van der Waals surface area contributed by atoms with Crippen molar-refractivity contribution in [3.05, 3.63) is 167 Å². The number of allylic oxidation sites excluding steroid dienone is 4. The average molecular weight is 666 g/mol. The van der Waals surface area contributed by atoms with Gasteiger partial charge < -0.3 is 8.98 Å². The molecule has 3 aromatic heterocycles. The van der Waals surface area contributed by atoms with Crippen LogP contribution in [0, 0.1) is 11.3 Å². The SMILES string of the molecule is CC(C)(C)c1ccc2c(c1)C1=CC(C(C)(C)C)CC=C1[C@@]2(c1ccc2c3ccccc3n(-c3cccc(-c4ncco4)c3)c2c1)c1ccccn1. The Bertz CT molecular complexity index is 2520. The zero-order valence-corrected chi connectivity index (χ0v) is 30.2. The Morgan fingerprint density at radius 1 is 0.745 bits per heavy atom. The summed E-state index contributed by atoms with van der Waals surface area (Å²) >= 11 is 0. The maximum Gasteiger partial charge on any atom is 0.225 e. The molecule has 0 bridgehead atoms. The van der Waals surface area contributed by atoms with Gasteiger partial charge in [0.1, 0.15) is 6.26 Å². The summed E-state index contributed by atoms with van der Waals surface area (Å²) in [5.41, 5.74) is 12.8. The maximum absolute atomic E-state index is 5.72. The van der Waals surface area contributed by atoms with E-state index in [-0.39, 0.29) is 10.8 Å². The van der Waals surface area contributed by atoms with E-state index in [1.807, 2.05) is 12.3 Å². The number of benzene rings is 4. The van der Waals surface area contributed by atoms with E-state index < -0.39 is 5.41 Å². The predicted octanol–water partition coefficient (Wildman–Crippen LogP) is 11.9. The van der Waals surface area contributed by atoms with Crippen molar-refractivity contribution in [2.45, 2.75) is 58.8 Å². The summed E-state index contributed by atoms with van der Waals surface area (Å²) in [5.74, 6) is 1.05. The average Bonchev–Trinajstić information content (AvgIpc) is 3.85. The number of hydrogen-bond donors (Lipinski definition) is 0. The highest BCUT2D eigenvalue weighted by Crippen LogP contribution is 2.60. The van der Waals surface area contributed by atoms with E-state index in [0.717, 1.165) is 34.4 Å². The lowest BCUT2D eigenvalue weighted by atomic mass is 9.66. The van der Waals surface area contributed by atoms with E-state index >= 15 is 0 Å². The lowest BCUT2D eigenvalue weighted by molar-refractivity contribution is 0.293. The summed E-state index contributed by atoms with van der Waals surface area (Å²) in [5, 5.41) is 2.44. The molecule has 0 fully saturated rings. The van der Waals surface area contributed by atoms with E-state index in [4.69, 9.17) is 9.40 Å². The minimum absolute atomic E-state index is 0.0212. The minimum Gasteiger partial charge on any atom is -0.445 e. The Kier molecular flexibility index (Phi) is 6.96. The number of pyridine rings is 1. The molecular formula is C47H43N3O. The van der Waals surface area contributed by atoms with Gasteiger partial charge in [0.2, 0.25) is 5.89 Å². The number of oxazole rings is 1. The smallest absolute Gasteiger partial charge is 0.225 e. The number of nitrogens with zero attached hydrogens (tertiary/aromatic N) is 3. The van der Waals surface area contributed by atoms with Crippen molar-refractivity contribution in [1.29, 1.82) is 0 Å². The number of hydrogen-bond acceptors (Lipinski definition) is 3. The first-order chi connectivity index (χ1) is 24.5. The van der Waals surface area contributed by atoms with E-state index in [2.05, 4.69) is 160 Å². The summed E-state index contributed by atoms with van der Waals surface area (Å²) in [6.07, 6.45) is 11.4. The fourth-order valence-corrected chi connectivity index (χ4v) is 8.56. The normalized spacial score (nSPS) is 18.8. The van der Waals surface area contributed by atoms with Gasteiger partial charge in [-0.2, -0.15) is 0 Å². The summed E-state index contributed by atoms with van der Waals surface area (Å²) in [7, 11) is 0. The highest BCUT2D eigenvalue weighted by Gasteiger charge is 2.51. The molecule has 9 rings (SSSR count). The van der Waals surface area contributed by atoms with Crippen molar-refractivity contribution >= 4 is 27.4 Å². The van der Waals surface area contributed by atoms with Crippen molar-refractivity contribution in [3.8, 4) is 17.1 Å². The highest BCUT2D eigenvalue weighted by atomic mass is 16.3. The van der Waals surface area contributed by atoms with Gasteiger partial charge in [0.05, 0.1) is 28.3 Å². The van der Waals surface area contributed by atoms with Crippen LogP contribution in [0.15, 0.2) is 144 Å². The molecule has 2 aliphatic carbocycles. The van der Waals surface area contributed by atoms with Gasteiger partial charge in [0.15, 0.2) is 0 Å². The van der Waals surface area contributed by atoms with Crippen LogP contribution in [0.1, 0.15) is 75.9 Å². The molecule has 0 spiro atoms. The lowest BCUT2D eigenvalue weighted by Gasteiger charge is -2.36. The topological polar surface area (TPSA) is 43.9 Å². The van der Waals surface area contributed by atoms with Crippen LogP contribution in [0.5, 0.6) is 0 Å². The first-order valence-electron chi connectivity index (χ1n) is 18.1. The van der Waals surface area contributed by atoms with Crippen molar-refractivity contribution in [2.75, 3.05) is 0 Å². The van der Waals surface area contributed by atoms with Gasteiger partial charge in [-0.05, 0) is 99.0 Å². The van der Waals surface area contributed by atoms with E-state index in [9.17, 15) is 0 Å². The molecule has 0 amide bonds. The number of para-hydroxylation sites is 1. The van der Waals surface area contributed by atoms with E-state index in [0.29, 0.717) is 11.8 Å². The second-order valence-corrected chi connectivity index (χ2v) is 16.4. The van der Waals surface area contributed by atoms with Crippen molar-refractivity contribution in [1.82, 2.24) is 14.5 Å². The molecule has 0 saturated heterocycles. The molecule has 51 heavy (non-hydrogen) atoms. The second-order valence-electron chi connectivity index (χ2n) is 16.4. The highest BCUT2D eigenvalue weighted by molar-refractivity contribution is 6.10. The van der Waals surface area contributed by atoms with Gasteiger partial charge in [-0.3, -0.25) is 4.98 Å². The van der Waals surface area contributed by atoms with Gasteiger partial charge in [0.25, 0.3) is 0 Å². The molecule has 7 aromatic rings. The predicted molar refractivity (Wildman–Crippen MR) is 209 cm³/mol. The number of rotatable bonds is 4. The number of fused-ring (bicyclic) bond motifs is 6. The van der Waals surface area contributed by atoms with E-state index in [1.165, 1.54) is 44.2 Å². The van der Waals surface area contributed by atoms with Crippen molar-refractivity contribution in [3.63, 3.8) is 0 Å². The molecule has 2 aliphatic rings. The molecule has 3 heterocycles. The largest absolute Gasteiger partial charge is 0.445 e. The van der Waals surface area contributed by atoms with Crippen LogP contribution >= 0.6 is 0 Å². The molecule has 4 heteroatoms. The van der Waals surface area contributed by atoms with Crippen LogP contribution in [-0.2, 0) is 10.8 Å². The molecule has 0 aliphatic heterocycles. The third-order valence-corrected chi connectivity index (χ3v) is 11.3. The zero-order chi connectivity index (χ0) is 35.1. The van der Waals surface area contributed by atoms with Gasteiger partial charge in [0, 0.05) is 28.2 Å².